The topological polar surface area (TPSA) is 93.7 Å². The number of ether oxygens (including phenoxy) is 1. The number of primary amides is 1. The van der Waals surface area contributed by atoms with E-state index in [4.69, 9.17) is 10.5 Å². The van der Waals surface area contributed by atoms with Gasteiger partial charge in [0.1, 0.15) is 11.4 Å². The number of hydrogen-bond acceptors (Lipinski definition) is 5. The summed E-state index contributed by atoms with van der Waals surface area (Å²) in [5, 5.41) is 4.42. The van der Waals surface area contributed by atoms with Crippen molar-refractivity contribution >= 4 is 17.5 Å². The van der Waals surface area contributed by atoms with Crippen LogP contribution in [0, 0.1) is 0 Å². The van der Waals surface area contributed by atoms with Crippen LogP contribution in [0.25, 0.3) is 5.69 Å². The molecule has 8 nitrogen and oxygen atoms in total. The molecule has 1 fully saturated rings. The predicted octanol–water partition coefficient (Wildman–Crippen LogP) is 2.73. The Labute approximate surface area is 192 Å². The zero-order chi connectivity index (χ0) is 23.3. The van der Waals surface area contributed by atoms with E-state index >= 15 is 0 Å². The van der Waals surface area contributed by atoms with Crippen molar-refractivity contribution in [3.63, 3.8) is 0 Å². The summed E-state index contributed by atoms with van der Waals surface area (Å²) in [5.41, 5.74) is 9.57. The van der Waals surface area contributed by atoms with E-state index in [0.29, 0.717) is 35.7 Å². The first-order valence-corrected chi connectivity index (χ1v) is 11.0. The fourth-order valence-corrected chi connectivity index (χ4v) is 4.78. The number of benzene rings is 2. The van der Waals surface area contributed by atoms with E-state index in [1.807, 2.05) is 12.1 Å². The molecule has 1 aromatic heterocycles. The van der Waals surface area contributed by atoms with Crippen molar-refractivity contribution < 1.29 is 14.3 Å². The van der Waals surface area contributed by atoms with Crippen LogP contribution in [0.5, 0.6) is 5.75 Å². The second-order valence-corrected chi connectivity index (χ2v) is 8.83. The van der Waals surface area contributed by atoms with E-state index in [1.54, 1.807) is 36.3 Å². The molecular formula is C25H27N5O3. The van der Waals surface area contributed by atoms with Gasteiger partial charge in [-0.25, -0.2) is 4.68 Å². The Hall–Kier alpha value is -3.65. The maximum atomic E-state index is 13.7. The van der Waals surface area contributed by atoms with Crippen molar-refractivity contribution in [3.8, 4) is 11.4 Å². The number of fused-ring (bicyclic) bond motifs is 1. The number of nitrogens with two attached hydrogens (primary N) is 1. The average Bonchev–Trinajstić information content (AvgIpc) is 3.54. The largest absolute Gasteiger partial charge is 0.497 e. The first-order chi connectivity index (χ1) is 15.9. The highest BCUT2D eigenvalue weighted by molar-refractivity contribution is 6.09. The number of nitrogens with zero attached hydrogens (tertiary/aromatic N) is 4. The number of carbonyl (C=O) groups is 2. The van der Waals surface area contributed by atoms with Gasteiger partial charge in [0, 0.05) is 23.3 Å². The Balaban J connectivity index is 1.52. The summed E-state index contributed by atoms with van der Waals surface area (Å²) < 4.78 is 6.74. The third-order valence-electron chi connectivity index (χ3n) is 6.86. The zero-order valence-corrected chi connectivity index (χ0v) is 19.0. The van der Waals surface area contributed by atoms with Gasteiger partial charge in [-0.15, -0.1) is 0 Å². The van der Waals surface area contributed by atoms with E-state index in [-0.39, 0.29) is 17.1 Å². The molecule has 2 heterocycles. The lowest BCUT2D eigenvalue weighted by molar-refractivity contribution is 0.0972. The smallest absolute Gasteiger partial charge is 0.277 e. The lowest BCUT2D eigenvalue weighted by Gasteiger charge is -2.29. The van der Waals surface area contributed by atoms with Crippen molar-refractivity contribution in [1.29, 1.82) is 0 Å². The molecule has 2 aliphatic rings. The highest BCUT2D eigenvalue weighted by atomic mass is 16.5. The highest BCUT2D eigenvalue weighted by Gasteiger charge is 2.46. The molecule has 0 bridgehead atoms. The van der Waals surface area contributed by atoms with E-state index in [1.165, 1.54) is 10.2 Å². The molecule has 0 spiro atoms. The van der Waals surface area contributed by atoms with Crippen LogP contribution >= 0.6 is 0 Å². The first-order valence-electron chi connectivity index (χ1n) is 11.0. The van der Waals surface area contributed by atoms with Gasteiger partial charge in [-0.1, -0.05) is 12.1 Å². The van der Waals surface area contributed by atoms with Crippen LogP contribution in [0.15, 0.2) is 48.5 Å². The van der Waals surface area contributed by atoms with Gasteiger partial charge in [0.15, 0.2) is 5.69 Å². The van der Waals surface area contributed by atoms with Crippen molar-refractivity contribution in [2.75, 3.05) is 32.6 Å². The molecule has 3 aromatic rings. The van der Waals surface area contributed by atoms with E-state index in [9.17, 15) is 9.59 Å². The van der Waals surface area contributed by atoms with Crippen LogP contribution in [0.2, 0.25) is 0 Å². The summed E-state index contributed by atoms with van der Waals surface area (Å²) in [6.07, 6.45) is 2.78. The molecule has 33 heavy (non-hydrogen) atoms. The first kappa shape index (κ1) is 21.2. The minimum Gasteiger partial charge on any atom is -0.497 e. The van der Waals surface area contributed by atoms with Crippen LogP contribution in [0.3, 0.4) is 0 Å². The molecule has 2 aromatic carbocycles. The molecule has 2 amide bonds. The SMILES string of the molecule is COc1ccc(-n2nc(C(N)=O)c3c2C(=O)N(c2ccc(C4(N(C)C)CC4)cc2)CC3)cc1. The van der Waals surface area contributed by atoms with Gasteiger partial charge in [-0.2, -0.15) is 5.10 Å². The Morgan fingerprint density at radius 1 is 1.06 bits per heavy atom. The lowest BCUT2D eigenvalue weighted by atomic mass is 10.0. The third-order valence-corrected chi connectivity index (χ3v) is 6.86. The Bertz CT molecular complexity index is 1220. The zero-order valence-electron chi connectivity index (χ0n) is 19.0. The summed E-state index contributed by atoms with van der Waals surface area (Å²) in [6.45, 7) is 0.457. The number of hydrogen-bond donors (Lipinski definition) is 1. The van der Waals surface area contributed by atoms with Gasteiger partial charge >= 0.3 is 0 Å². The number of amides is 2. The van der Waals surface area contributed by atoms with Crippen molar-refractivity contribution in [2.45, 2.75) is 24.8 Å². The summed E-state index contributed by atoms with van der Waals surface area (Å²) >= 11 is 0. The standard InChI is InChI=1S/C25H27N5O3/c1-28(2)25(13-14-25)16-4-6-17(7-5-16)29-15-12-20-21(23(26)31)27-30(22(20)24(29)32)18-8-10-19(33-3)11-9-18/h4-11H,12-15H2,1-3H3,(H2,26,31). The molecule has 1 aliphatic heterocycles. The number of rotatable bonds is 6. The number of aromatic nitrogens is 2. The maximum absolute atomic E-state index is 13.7. The molecule has 1 aliphatic carbocycles. The predicted molar refractivity (Wildman–Crippen MR) is 125 cm³/mol. The normalized spacial score (nSPS) is 16.6. The van der Waals surface area contributed by atoms with E-state index < -0.39 is 5.91 Å². The van der Waals surface area contributed by atoms with Gasteiger partial charge < -0.3 is 15.4 Å². The van der Waals surface area contributed by atoms with Crippen molar-refractivity contribution in [3.05, 3.63) is 71.0 Å². The van der Waals surface area contributed by atoms with Crippen molar-refractivity contribution in [1.82, 2.24) is 14.7 Å². The summed E-state index contributed by atoms with van der Waals surface area (Å²) in [4.78, 5) is 29.7. The molecule has 0 radical (unpaired) electrons. The monoisotopic (exact) mass is 445 g/mol. The molecule has 8 heteroatoms. The quantitative estimate of drug-likeness (QED) is 0.630. The molecule has 1 saturated carbocycles. The summed E-state index contributed by atoms with van der Waals surface area (Å²) in [5.74, 6) is -0.148. The Morgan fingerprint density at radius 2 is 1.70 bits per heavy atom. The minimum atomic E-state index is -0.637. The van der Waals surface area contributed by atoms with Gasteiger partial charge in [-0.05, 0) is 75.3 Å². The van der Waals surface area contributed by atoms with Crippen LogP contribution in [-0.2, 0) is 12.0 Å². The molecule has 5 rings (SSSR count). The van der Waals surface area contributed by atoms with E-state index in [2.05, 4.69) is 36.2 Å². The fourth-order valence-electron chi connectivity index (χ4n) is 4.78. The van der Waals surface area contributed by atoms with Gasteiger partial charge in [0.2, 0.25) is 0 Å². The van der Waals surface area contributed by atoms with Crippen LogP contribution in [0.1, 0.15) is 44.9 Å². The number of carbonyl (C=O) groups excluding carboxylic acids is 2. The van der Waals surface area contributed by atoms with Gasteiger partial charge in [-0.3, -0.25) is 14.5 Å². The lowest BCUT2D eigenvalue weighted by Crippen LogP contribution is -2.39. The highest BCUT2D eigenvalue weighted by Crippen LogP contribution is 2.49. The number of anilines is 1. The molecule has 0 atom stereocenters. The molecule has 170 valence electrons. The maximum Gasteiger partial charge on any atom is 0.277 e. The Morgan fingerprint density at radius 3 is 2.24 bits per heavy atom. The third kappa shape index (κ3) is 3.38. The van der Waals surface area contributed by atoms with Crippen molar-refractivity contribution in [2.24, 2.45) is 5.73 Å². The number of methoxy groups -OCH3 is 1. The second kappa shape index (κ2) is 7.74. The summed E-state index contributed by atoms with van der Waals surface area (Å²) in [7, 11) is 5.80. The second-order valence-electron chi connectivity index (χ2n) is 8.83. The van der Waals surface area contributed by atoms with Crippen LogP contribution in [-0.4, -0.2) is 54.2 Å². The Kier molecular flexibility index (Phi) is 4.97. The van der Waals surface area contributed by atoms with E-state index in [0.717, 1.165) is 18.5 Å². The fraction of sp³-hybridized carbons (Fsp3) is 0.320. The van der Waals surface area contributed by atoms with Crippen LogP contribution < -0.4 is 15.4 Å². The van der Waals surface area contributed by atoms with Gasteiger partial charge in [0.25, 0.3) is 11.8 Å². The average molecular weight is 446 g/mol. The summed E-state index contributed by atoms with van der Waals surface area (Å²) in [6, 6.07) is 15.4. The van der Waals surface area contributed by atoms with Crippen LogP contribution in [0.4, 0.5) is 5.69 Å². The molecule has 0 unspecified atom stereocenters. The molecule has 0 saturated heterocycles. The van der Waals surface area contributed by atoms with Gasteiger partial charge in [0.05, 0.1) is 12.8 Å². The minimum absolute atomic E-state index is 0.112. The molecule has 2 N–H and O–H groups in total. The molecular weight excluding hydrogens is 418 g/mol.